The monoisotopic (exact) mass is 289 g/mol. The van der Waals surface area contributed by atoms with Crippen molar-refractivity contribution < 1.29 is 0 Å². The van der Waals surface area contributed by atoms with E-state index in [4.69, 9.17) is 0 Å². The van der Waals surface area contributed by atoms with E-state index in [0.717, 1.165) is 6.54 Å². The molecule has 0 spiro atoms. The highest BCUT2D eigenvalue weighted by Gasteiger charge is 2.05. The molecule has 0 atom stereocenters. The molecule has 3 heterocycles. The van der Waals surface area contributed by atoms with Crippen LogP contribution in [0.1, 0.15) is 9.75 Å². The van der Waals surface area contributed by atoms with Crippen LogP contribution in [0.15, 0.2) is 35.5 Å². The van der Waals surface area contributed by atoms with Gasteiger partial charge in [-0.2, -0.15) is 0 Å². The van der Waals surface area contributed by atoms with Crippen LogP contribution in [0.2, 0.25) is 0 Å². The SMILES string of the molecule is Cc1ccc(CNCCn2nc3cnccn3c2=O)s1. The van der Waals surface area contributed by atoms with Gasteiger partial charge in [0.25, 0.3) is 0 Å². The molecule has 3 aromatic heterocycles. The average Bonchev–Trinajstić information content (AvgIpc) is 3.00. The van der Waals surface area contributed by atoms with Crippen molar-refractivity contribution in [2.24, 2.45) is 0 Å². The molecule has 0 aromatic carbocycles. The molecule has 0 amide bonds. The standard InChI is InChI=1S/C13H15N5OS/c1-10-2-3-11(20-10)8-14-5-7-18-13(19)17-6-4-15-9-12(17)16-18/h2-4,6,9,14H,5,7-8H2,1H3. The second-order valence-corrected chi connectivity index (χ2v) is 5.87. The largest absolute Gasteiger partial charge is 0.350 e. The van der Waals surface area contributed by atoms with Gasteiger partial charge in [-0.15, -0.1) is 16.4 Å². The summed E-state index contributed by atoms with van der Waals surface area (Å²) in [4.78, 5) is 18.6. The lowest BCUT2D eigenvalue weighted by molar-refractivity contribution is 0.543. The van der Waals surface area contributed by atoms with Gasteiger partial charge in [-0.3, -0.25) is 4.98 Å². The minimum Gasteiger partial charge on any atom is -0.310 e. The minimum absolute atomic E-state index is 0.129. The van der Waals surface area contributed by atoms with Gasteiger partial charge in [0, 0.05) is 35.2 Å². The van der Waals surface area contributed by atoms with E-state index >= 15 is 0 Å². The fourth-order valence-corrected chi connectivity index (χ4v) is 2.86. The summed E-state index contributed by atoms with van der Waals surface area (Å²) in [5.74, 6) is 0. The fourth-order valence-electron chi connectivity index (χ4n) is 2.00. The van der Waals surface area contributed by atoms with Crippen molar-refractivity contribution in [1.29, 1.82) is 0 Å². The Morgan fingerprint density at radius 1 is 1.40 bits per heavy atom. The average molecular weight is 289 g/mol. The third-order valence-corrected chi connectivity index (χ3v) is 3.98. The molecule has 0 unspecified atom stereocenters. The normalized spacial score (nSPS) is 11.2. The van der Waals surface area contributed by atoms with Gasteiger partial charge in [-0.25, -0.2) is 13.9 Å². The van der Waals surface area contributed by atoms with Crippen LogP contribution in [0.25, 0.3) is 5.65 Å². The quantitative estimate of drug-likeness (QED) is 0.713. The van der Waals surface area contributed by atoms with E-state index < -0.39 is 0 Å². The molecule has 7 heteroatoms. The number of nitrogens with zero attached hydrogens (tertiary/aromatic N) is 4. The lowest BCUT2D eigenvalue weighted by Gasteiger charge is -2.02. The first-order valence-electron chi connectivity index (χ1n) is 6.39. The van der Waals surface area contributed by atoms with Crippen molar-refractivity contribution >= 4 is 17.0 Å². The fraction of sp³-hybridized carbons (Fsp3) is 0.308. The van der Waals surface area contributed by atoms with E-state index in [2.05, 4.69) is 34.5 Å². The molecule has 0 bridgehead atoms. The number of aryl methyl sites for hydroxylation is 1. The van der Waals surface area contributed by atoms with Gasteiger partial charge in [0.05, 0.1) is 12.7 Å². The van der Waals surface area contributed by atoms with E-state index in [1.54, 1.807) is 29.9 Å². The van der Waals surface area contributed by atoms with Crippen LogP contribution < -0.4 is 11.0 Å². The Morgan fingerprint density at radius 3 is 3.05 bits per heavy atom. The Hall–Kier alpha value is -1.99. The van der Waals surface area contributed by atoms with Gasteiger partial charge < -0.3 is 5.32 Å². The predicted octanol–water partition coefficient (Wildman–Crippen LogP) is 1.05. The zero-order chi connectivity index (χ0) is 13.9. The third kappa shape index (κ3) is 2.63. The molecule has 20 heavy (non-hydrogen) atoms. The molecule has 0 radical (unpaired) electrons. The van der Waals surface area contributed by atoms with Crippen molar-refractivity contribution in [2.75, 3.05) is 6.54 Å². The first-order chi connectivity index (χ1) is 9.74. The second-order valence-electron chi connectivity index (χ2n) is 4.50. The van der Waals surface area contributed by atoms with Crippen LogP contribution in [0.5, 0.6) is 0 Å². The van der Waals surface area contributed by atoms with Gasteiger partial charge in [0.15, 0.2) is 5.65 Å². The lowest BCUT2D eigenvalue weighted by Crippen LogP contribution is -2.27. The van der Waals surface area contributed by atoms with E-state index in [1.165, 1.54) is 18.8 Å². The van der Waals surface area contributed by atoms with E-state index in [9.17, 15) is 4.79 Å². The van der Waals surface area contributed by atoms with Crippen molar-refractivity contribution in [1.82, 2.24) is 24.5 Å². The third-order valence-electron chi connectivity index (χ3n) is 2.98. The van der Waals surface area contributed by atoms with Crippen molar-refractivity contribution in [2.45, 2.75) is 20.0 Å². The van der Waals surface area contributed by atoms with Gasteiger partial charge in [-0.05, 0) is 19.1 Å². The van der Waals surface area contributed by atoms with E-state index in [0.29, 0.717) is 18.7 Å². The molecule has 3 aromatic rings. The summed E-state index contributed by atoms with van der Waals surface area (Å²) < 4.78 is 2.96. The summed E-state index contributed by atoms with van der Waals surface area (Å²) >= 11 is 1.78. The lowest BCUT2D eigenvalue weighted by atomic mass is 10.4. The summed E-state index contributed by atoms with van der Waals surface area (Å²) in [6.45, 7) is 4.17. The minimum atomic E-state index is -0.129. The number of aromatic nitrogens is 4. The summed E-state index contributed by atoms with van der Waals surface area (Å²) in [6.07, 6.45) is 4.79. The molecule has 6 nitrogen and oxygen atoms in total. The summed E-state index contributed by atoms with van der Waals surface area (Å²) in [5.41, 5.74) is 0.447. The van der Waals surface area contributed by atoms with Gasteiger partial charge >= 0.3 is 5.69 Å². The zero-order valence-corrected chi connectivity index (χ0v) is 11.9. The molecule has 3 rings (SSSR count). The summed E-state index contributed by atoms with van der Waals surface area (Å²) in [5, 5.41) is 7.55. The van der Waals surface area contributed by atoms with Crippen LogP contribution in [-0.4, -0.2) is 25.7 Å². The molecule has 104 valence electrons. The first kappa shape index (κ1) is 13.0. The van der Waals surface area contributed by atoms with Crippen LogP contribution in [0.4, 0.5) is 0 Å². The molecule has 0 saturated heterocycles. The Morgan fingerprint density at radius 2 is 2.30 bits per heavy atom. The van der Waals surface area contributed by atoms with E-state index in [-0.39, 0.29) is 5.69 Å². The highest BCUT2D eigenvalue weighted by atomic mass is 32.1. The Bertz CT molecular complexity index is 772. The molecule has 0 fully saturated rings. The molecular formula is C13H15N5OS. The maximum atomic E-state index is 12.0. The summed E-state index contributed by atoms with van der Waals surface area (Å²) in [6, 6.07) is 4.23. The highest BCUT2D eigenvalue weighted by Crippen LogP contribution is 2.14. The van der Waals surface area contributed by atoms with Crippen LogP contribution in [-0.2, 0) is 13.1 Å². The number of fused-ring (bicyclic) bond motifs is 1. The van der Waals surface area contributed by atoms with Crippen LogP contribution in [0.3, 0.4) is 0 Å². The number of rotatable bonds is 5. The number of nitrogens with one attached hydrogen (secondary N) is 1. The highest BCUT2D eigenvalue weighted by molar-refractivity contribution is 7.11. The van der Waals surface area contributed by atoms with Crippen molar-refractivity contribution in [3.8, 4) is 0 Å². The molecule has 1 N–H and O–H groups in total. The van der Waals surface area contributed by atoms with Gasteiger partial charge in [0.2, 0.25) is 0 Å². The van der Waals surface area contributed by atoms with Crippen LogP contribution in [0, 0.1) is 6.92 Å². The number of thiophene rings is 1. The summed E-state index contributed by atoms with van der Waals surface area (Å²) in [7, 11) is 0. The maximum Gasteiger partial charge on any atom is 0.350 e. The molecule has 0 saturated carbocycles. The molecule has 0 aliphatic rings. The topological polar surface area (TPSA) is 64.2 Å². The van der Waals surface area contributed by atoms with Gasteiger partial charge in [0.1, 0.15) is 0 Å². The number of hydrogen-bond acceptors (Lipinski definition) is 5. The van der Waals surface area contributed by atoms with Crippen molar-refractivity contribution in [3.63, 3.8) is 0 Å². The first-order valence-corrected chi connectivity index (χ1v) is 7.21. The maximum absolute atomic E-state index is 12.0. The predicted molar refractivity (Wildman–Crippen MR) is 78.0 cm³/mol. The zero-order valence-electron chi connectivity index (χ0n) is 11.1. The molecular weight excluding hydrogens is 274 g/mol. The Labute approximate surface area is 119 Å². The van der Waals surface area contributed by atoms with Gasteiger partial charge in [-0.1, -0.05) is 0 Å². The van der Waals surface area contributed by atoms with Crippen molar-refractivity contribution in [3.05, 3.63) is 51.0 Å². The Balaban J connectivity index is 1.60. The smallest absolute Gasteiger partial charge is 0.310 e. The van der Waals surface area contributed by atoms with Crippen LogP contribution >= 0.6 is 11.3 Å². The number of hydrogen-bond donors (Lipinski definition) is 1. The molecule has 0 aliphatic carbocycles. The molecule has 0 aliphatic heterocycles. The van der Waals surface area contributed by atoms with E-state index in [1.807, 2.05) is 0 Å². The second kappa shape index (κ2) is 5.56. The Kier molecular flexibility index (Phi) is 3.62.